The van der Waals surface area contributed by atoms with E-state index in [-0.39, 0.29) is 11.7 Å². The molecule has 3 rings (SSSR count). The third-order valence-electron chi connectivity index (χ3n) is 4.64. The van der Waals surface area contributed by atoms with Crippen LogP contribution in [0.4, 0.5) is 10.1 Å². The minimum absolute atomic E-state index is 0.0625. The third-order valence-corrected chi connectivity index (χ3v) is 4.64. The highest BCUT2D eigenvalue weighted by Gasteiger charge is 2.16. The third kappa shape index (κ3) is 5.70. The van der Waals surface area contributed by atoms with Crippen LogP contribution < -0.4 is 20.9 Å². The molecule has 0 saturated carbocycles. The second-order valence-corrected chi connectivity index (χ2v) is 6.67. The number of rotatable bonds is 6. The van der Waals surface area contributed by atoms with Crippen molar-refractivity contribution < 1.29 is 9.18 Å². The molecule has 1 amide bonds. The lowest BCUT2D eigenvalue weighted by molar-refractivity contribution is -0.120. The predicted molar refractivity (Wildman–Crippen MR) is 110 cm³/mol. The summed E-state index contributed by atoms with van der Waals surface area (Å²) in [4.78, 5) is 17.8. The maximum atomic E-state index is 12.9. The summed E-state index contributed by atoms with van der Waals surface area (Å²) in [6.07, 6.45) is 0.791. The molecule has 3 N–H and O–H groups in total. The molecule has 148 valence electrons. The van der Waals surface area contributed by atoms with Crippen LogP contribution in [0.25, 0.3) is 0 Å². The average Bonchev–Trinajstić information content (AvgIpc) is 2.72. The van der Waals surface area contributed by atoms with Crippen molar-refractivity contribution in [1.82, 2.24) is 16.0 Å². The molecule has 7 heteroatoms. The van der Waals surface area contributed by atoms with Crippen LogP contribution in [-0.4, -0.2) is 45.1 Å². The van der Waals surface area contributed by atoms with Crippen molar-refractivity contribution in [2.75, 3.05) is 38.1 Å². The molecule has 0 spiro atoms. The van der Waals surface area contributed by atoms with Crippen molar-refractivity contribution in [3.8, 4) is 0 Å². The molecular formula is C21H26FN5O. The number of nitrogens with zero attached hydrogens (tertiary/aromatic N) is 2. The first kappa shape index (κ1) is 19.7. The van der Waals surface area contributed by atoms with Gasteiger partial charge in [-0.3, -0.25) is 9.79 Å². The van der Waals surface area contributed by atoms with Gasteiger partial charge in [0.2, 0.25) is 5.91 Å². The topological polar surface area (TPSA) is 68.8 Å². The fraction of sp³-hybridized carbons (Fsp3) is 0.333. The maximum absolute atomic E-state index is 12.9. The fourth-order valence-corrected chi connectivity index (χ4v) is 3.07. The number of carbonyl (C=O) groups is 1. The highest BCUT2D eigenvalue weighted by atomic mass is 19.1. The van der Waals surface area contributed by atoms with E-state index in [1.807, 2.05) is 12.1 Å². The molecule has 1 aliphatic heterocycles. The van der Waals surface area contributed by atoms with E-state index >= 15 is 0 Å². The Balaban J connectivity index is 1.44. The van der Waals surface area contributed by atoms with Gasteiger partial charge in [-0.15, -0.1) is 0 Å². The van der Waals surface area contributed by atoms with Crippen molar-refractivity contribution >= 4 is 17.6 Å². The number of aliphatic imine (C=N–C) groups is 1. The van der Waals surface area contributed by atoms with E-state index < -0.39 is 0 Å². The number of benzene rings is 2. The van der Waals surface area contributed by atoms with Gasteiger partial charge in [0.15, 0.2) is 5.96 Å². The van der Waals surface area contributed by atoms with Crippen LogP contribution in [0.1, 0.15) is 11.1 Å². The monoisotopic (exact) mass is 383 g/mol. The predicted octanol–water partition coefficient (Wildman–Crippen LogP) is 1.67. The lowest BCUT2D eigenvalue weighted by Gasteiger charge is -2.28. The Morgan fingerprint density at radius 3 is 2.50 bits per heavy atom. The second-order valence-electron chi connectivity index (χ2n) is 6.67. The molecule has 1 aliphatic rings. The largest absolute Gasteiger partial charge is 0.360 e. The normalized spacial score (nSPS) is 14.6. The standard InChI is InChI=1S/C21H26FN5O/c1-23-21(25-11-10-16-2-6-18(22)7-3-16)26-14-17-4-8-19(9-5-17)27-13-12-24-20(28)15-27/h2-9H,10-15H2,1H3,(H,24,28)(H2,23,25,26). The summed E-state index contributed by atoms with van der Waals surface area (Å²) in [5.74, 6) is 0.565. The van der Waals surface area contributed by atoms with Crippen LogP contribution >= 0.6 is 0 Å². The number of hydrogen-bond acceptors (Lipinski definition) is 3. The number of piperazine rings is 1. The summed E-state index contributed by atoms with van der Waals surface area (Å²) < 4.78 is 12.9. The Labute approximate surface area is 164 Å². The summed E-state index contributed by atoms with van der Waals surface area (Å²) in [7, 11) is 1.73. The first-order chi connectivity index (χ1) is 13.6. The minimum atomic E-state index is -0.219. The van der Waals surface area contributed by atoms with Gasteiger partial charge in [0.05, 0.1) is 6.54 Å². The molecule has 0 aromatic heterocycles. The lowest BCUT2D eigenvalue weighted by atomic mass is 10.1. The van der Waals surface area contributed by atoms with E-state index in [4.69, 9.17) is 0 Å². The van der Waals surface area contributed by atoms with Crippen LogP contribution in [0, 0.1) is 5.82 Å². The van der Waals surface area contributed by atoms with Gasteiger partial charge >= 0.3 is 0 Å². The quantitative estimate of drug-likeness (QED) is 0.524. The lowest BCUT2D eigenvalue weighted by Crippen LogP contribution is -2.47. The molecule has 1 heterocycles. The summed E-state index contributed by atoms with van der Waals surface area (Å²) >= 11 is 0. The van der Waals surface area contributed by atoms with E-state index in [2.05, 4.69) is 38.0 Å². The van der Waals surface area contributed by atoms with Crippen LogP contribution in [-0.2, 0) is 17.8 Å². The zero-order valence-electron chi connectivity index (χ0n) is 16.0. The molecule has 0 radical (unpaired) electrons. The van der Waals surface area contributed by atoms with Crippen molar-refractivity contribution in [1.29, 1.82) is 0 Å². The van der Waals surface area contributed by atoms with Crippen LogP contribution in [0.15, 0.2) is 53.5 Å². The van der Waals surface area contributed by atoms with Gasteiger partial charge in [-0.25, -0.2) is 4.39 Å². The Hall–Kier alpha value is -3.09. The van der Waals surface area contributed by atoms with Gasteiger partial charge in [-0.05, 0) is 41.8 Å². The van der Waals surface area contributed by atoms with E-state index in [0.717, 1.165) is 35.7 Å². The molecule has 28 heavy (non-hydrogen) atoms. The molecule has 2 aromatic rings. The molecule has 1 saturated heterocycles. The smallest absolute Gasteiger partial charge is 0.239 e. The molecule has 2 aromatic carbocycles. The van der Waals surface area contributed by atoms with Crippen LogP contribution in [0.5, 0.6) is 0 Å². The first-order valence-electron chi connectivity index (χ1n) is 9.43. The van der Waals surface area contributed by atoms with E-state index in [1.54, 1.807) is 19.2 Å². The Kier molecular flexibility index (Phi) is 6.84. The van der Waals surface area contributed by atoms with Gasteiger partial charge in [0.1, 0.15) is 5.82 Å². The maximum Gasteiger partial charge on any atom is 0.239 e. The van der Waals surface area contributed by atoms with Gasteiger partial charge < -0.3 is 20.9 Å². The second kappa shape index (κ2) is 9.73. The van der Waals surface area contributed by atoms with Crippen LogP contribution in [0.3, 0.4) is 0 Å². The number of nitrogens with one attached hydrogen (secondary N) is 3. The molecule has 6 nitrogen and oxygen atoms in total. The summed E-state index contributed by atoms with van der Waals surface area (Å²) in [6, 6.07) is 14.7. The van der Waals surface area contributed by atoms with Crippen LogP contribution in [0.2, 0.25) is 0 Å². The molecule has 0 unspecified atom stereocenters. The summed E-state index contributed by atoms with van der Waals surface area (Å²) in [5, 5.41) is 9.39. The van der Waals surface area contributed by atoms with E-state index in [9.17, 15) is 9.18 Å². The van der Waals surface area contributed by atoms with Gasteiger partial charge in [-0.2, -0.15) is 0 Å². The van der Waals surface area contributed by atoms with Crippen molar-refractivity contribution in [2.24, 2.45) is 4.99 Å². The molecule has 0 bridgehead atoms. The Morgan fingerprint density at radius 2 is 1.82 bits per heavy atom. The van der Waals surface area contributed by atoms with Gasteiger partial charge in [0.25, 0.3) is 0 Å². The number of guanidine groups is 1. The number of carbonyl (C=O) groups excluding carboxylic acids is 1. The first-order valence-corrected chi connectivity index (χ1v) is 9.43. The number of amides is 1. The highest BCUT2D eigenvalue weighted by Crippen LogP contribution is 2.16. The van der Waals surface area contributed by atoms with Crippen molar-refractivity contribution in [3.63, 3.8) is 0 Å². The zero-order valence-corrected chi connectivity index (χ0v) is 16.0. The number of anilines is 1. The number of halogens is 1. The van der Waals surface area contributed by atoms with E-state index in [1.165, 1.54) is 12.1 Å². The molecule has 0 atom stereocenters. The van der Waals surface area contributed by atoms with Crippen molar-refractivity contribution in [3.05, 3.63) is 65.5 Å². The zero-order chi connectivity index (χ0) is 19.8. The SMILES string of the molecule is CN=C(NCCc1ccc(F)cc1)NCc1ccc(N2CCNC(=O)C2)cc1. The van der Waals surface area contributed by atoms with Gasteiger partial charge in [0, 0.05) is 38.9 Å². The molecule has 1 fully saturated rings. The fourth-order valence-electron chi connectivity index (χ4n) is 3.07. The van der Waals surface area contributed by atoms with Gasteiger partial charge in [-0.1, -0.05) is 24.3 Å². The average molecular weight is 383 g/mol. The van der Waals surface area contributed by atoms with E-state index in [0.29, 0.717) is 26.2 Å². The Morgan fingerprint density at radius 1 is 1.11 bits per heavy atom. The Bertz CT molecular complexity index is 805. The summed E-state index contributed by atoms with van der Waals surface area (Å²) in [5.41, 5.74) is 3.26. The minimum Gasteiger partial charge on any atom is -0.360 e. The molecule has 0 aliphatic carbocycles. The van der Waals surface area contributed by atoms with Crippen molar-refractivity contribution in [2.45, 2.75) is 13.0 Å². The molecular weight excluding hydrogens is 357 g/mol. The highest BCUT2D eigenvalue weighted by molar-refractivity contribution is 5.82. The summed E-state index contributed by atoms with van der Waals surface area (Å²) in [6.45, 7) is 3.27. The number of hydrogen-bond donors (Lipinski definition) is 3.